The van der Waals surface area contributed by atoms with E-state index in [1.807, 2.05) is 67.8 Å². The van der Waals surface area contributed by atoms with Crippen LogP contribution in [0.3, 0.4) is 0 Å². The molecule has 0 radical (unpaired) electrons. The molecular weight excluding hydrogens is 760 g/mol. The van der Waals surface area contributed by atoms with E-state index >= 15 is 0 Å². The lowest BCUT2D eigenvalue weighted by Crippen LogP contribution is -2.13. The number of carbonyl (C=O) groups is 3. The van der Waals surface area contributed by atoms with Crippen molar-refractivity contribution in [2.24, 2.45) is 0 Å². The smallest absolute Gasteiger partial charge is 0.371 e. The van der Waals surface area contributed by atoms with Crippen molar-refractivity contribution >= 4 is 94.3 Å². The Balaban J connectivity index is 1.84. The molecule has 0 spiro atoms. The van der Waals surface area contributed by atoms with E-state index in [1.165, 1.54) is 0 Å². The van der Waals surface area contributed by atoms with Gasteiger partial charge < -0.3 is 13.6 Å². The van der Waals surface area contributed by atoms with Crippen LogP contribution in [0.2, 0.25) is 0 Å². The van der Waals surface area contributed by atoms with Crippen molar-refractivity contribution in [3.8, 4) is 0 Å². The van der Waals surface area contributed by atoms with Gasteiger partial charge in [-0.15, -0.1) is 0 Å². The monoisotopic (exact) mass is 772 g/mol. The SMILES string of the molecule is O=C(OP(OC(=O)c1ccccc1I)OC(=O)c1ccccc1I)c1ccccc1I. The summed E-state index contributed by atoms with van der Waals surface area (Å²) in [6, 6.07) is 20.3. The molecule has 0 bridgehead atoms. The highest BCUT2D eigenvalue weighted by molar-refractivity contribution is 14.1. The van der Waals surface area contributed by atoms with Gasteiger partial charge in [-0.1, -0.05) is 36.4 Å². The second-order valence-electron chi connectivity index (χ2n) is 5.80. The molecule has 158 valence electrons. The van der Waals surface area contributed by atoms with E-state index in [2.05, 4.69) is 0 Å². The van der Waals surface area contributed by atoms with Gasteiger partial charge in [-0.2, -0.15) is 0 Å². The highest BCUT2D eigenvalue weighted by Crippen LogP contribution is 2.43. The molecule has 10 heteroatoms. The van der Waals surface area contributed by atoms with Crippen LogP contribution in [0.25, 0.3) is 0 Å². The lowest BCUT2D eigenvalue weighted by Gasteiger charge is -2.16. The van der Waals surface area contributed by atoms with Crippen LogP contribution in [-0.2, 0) is 13.6 Å². The van der Waals surface area contributed by atoms with Gasteiger partial charge in [0.15, 0.2) is 0 Å². The average Bonchev–Trinajstić information content (AvgIpc) is 2.74. The zero-order valence-electron chi connectivity index (χ0n) is 15.5. The first-order valence-electron chi connectivity index (χ1n) is 8.57. The van der Waals surface area contributed by atoms with Crippen molar-refractivity contribution in [2.45, 2.75) is 0 Å². The Morgan fingerprint density at radius 1 is 0.516 bits per heavy atom. The average molecular weight is 772 g/mol. The van der Waals surface area contributed by atoms with Crippen LogP contribution < -0.4 is 0 Å². The van der Waals surface area contributed by atoms with E-state index in [4.69, 9.17) is 13.6 Å². The number of hydrogen-bond acceptors (Lipinski definition) is 6. The number of hydrogen-bond donors (Lipinski definition) is 0. The Labute approximate surface area is 220 Å². The zero-order valence-corrected chi connectivity index (χ0v) is 22.8. The summed E-state index contributed by atoms with van der Waals surface area (Å²) in [6.45, 7) is 0. The van der Waals surface area contributed by atoms with Gasteiger partial charge in [0.1, 0.15) is 0 Å². The van der Waals surface area contributed by atoms with E-state index in [-0.39, 0.29) is 16.7 Å². The summed E-state index contributed by atoms with van der Waals surface area (Å²) in [4.78, 5) is 37.9. The first kappa shape index (κ1) is 24.3. The third-order valence-electron chi connectivity index (χ3n) is 3.75. The zero-order chi connectivity index (χ0) is 22.4. The summed E-state index contributed by atoms with van der Waals surface area (Å²) < 4.78 is 17.9. The fourth-order valence-corrected chi connectivity index (χ4v) is 4.92. The summed E-state index contributed by atoms with van der Waals surface area (Å²) in [6.07, 6.45) is 0. The van der Waals surface area contributed by atoms with Crippen LogP contribution in [0.4, 0.5) is 0 Å². The molecule has 0 amide bonds. The van der Waals surface area contributed by atoms with Crippen molar-refractivity contribution in [1.82, 2.24) is 0 Å². The molecule has 3 aromatic rings. The molecule has 0 heterocycles. The third kappa shape index (κ3) is 6.59. The molecule has 0 atom stereocenters. The van der Waals surface area contributed by atoms with E-state index in [9.17, 15) is 14.4 Å². The third-order valence-corrected chi connectivity index (χ3v) is 7.52. The maximum absolute atomic E-state index is 12.6. The quantitative estimate of drug-likeness (QED) is 0.208. The summed E-state index contributed by atoms with van der Waals surface area (Å²) >= 11 is 5.97. The number of halogens is 3. The van der Waals surface area contributed by atoms with Crippen molar-refractivity contribution in [3.05, 3.63) is 100 Å². The fourth-order valence-electron chi connectivity index (χ4n) is 2.29. The molecule has 0 aromatic heterocycles. The fraction of sp³-hybridized carbons (Fsp3) is 0. The Bertz CT molecular complexity index is 996. The minimum atomic E-state index is -2.65. The molecule has 0 saturated heterocycles. The molecule has 3 rings (SSSR count). The molecule has 0 unspecified atom stereocenters. The van der Waals surface area contributed by atoms with Gasteiger partial charge in [-0.3, -0.25) is 0 Å². The maximum atomic E-state index is 12.6. The Morgan fingerprint density at radius 2 is 0.774 bits per heavy atom. The molecule has 0 N–H and O–H groups in total. The Kier molecular flexibility index (Phi) is 9.05. The van der Waals surface area contributed by atoms with Crippen molar-refractivity contribution in [3.63, 3.8) is 0 Å². The minimum absolute atomic E-state index is 0.270. The largest absolute Gasteiger partial charge is 0.537 e. The predicted octanol–water partition coefficient (Wildman–Crippen LogP) is 6.60. The van der Waals surface area contributed by atoms with Gasteiger partial charge in [-0.05, 0) is 104 Å². The van der Waals surface area contributed by atoms with Crippen LogP contribution >= 0.6 is 76.4 Å². The lowest BCUT2D eigenvalue weighted by atomic mass is 10.2. The molecule has 3 aromatic carbocycles. The van der Waals surface area contributed by atoms with Crippen molar-refractivity contribution in [2.75, 3.05) is 0 Å². The van der Waals surface area contributed by atoms with E-state index in [0.29, 0.717) is 10.7 Å². The molecule has 31 heavy (non-hydrogen) atoms. The van der Waals surface area contributed by atoms with Gasteiger partial charge in [0.25, 0.3) is 0 Å². The molecule has 0 aliphatic carbocycles. The van der Waals surface area contributed by atoms with Gasteiger partial charge >= 0.3 is 26.5 Å². The molecule has 0 fully saturated rings. The molecule has 0 saturated carbocycles. The van der Waals surface area contributed by atoms with Crippen LogP contribution in [0.1, 0.15) is 31.1 Å². The highest BCUT2D eigenvalue weighted by atomic mass is 127. The first-order valence-corrected chi connectivity index (χ1v) is 12.9. The Hall–Kier alpha value is -1.31. The first-order chi connectivity index (χ1) is 14.9. The van der Waals surface area contributed by atoms with E-state index < -0.39 is 26.5 Å². The molecule has 6 nitrogen and oxygen atoms in total. The second kappa shape index (κ2) is 11.5. The normalized spacial score (nSPS) is 10.5. The molecular formula is C21H12I3O6P. The number of benzene rings is 3. The summed E-state index contributed by atoms with van der Waals surface area (Å²) in [5, 5.41) is 0. The second-order valence-corrected chi connectivity index (χ2v) is 10.3. The lowest BCUT2D eigenvalue weighted by molar-refractivity contribution is 0.0546. The van der Waals surface area contributed by atoms with Crippen LogP contribution in [0, 0.1) is 10.7 Å². The van der Waals surface area contributed by atoms with Crippen LogP contribution in [0.15, 0.2) is 72.8 Å². The Morgan fingerprint density at radius 3 is 1.03 bits per heavy atom. The van der Waals surface area contributed by atoms with Crippen molar-refractivity contribution < 1.29 is 28.0 Å². The summed E-state index contributed by atoms with van der Waals surface area (Å²) in [7, 11) is -2.65. The van der Waals surface area contributed by atoms with Gasteiger partial charge in [0.05, 0.1) is 16.7 Å². The standard InChI is InChI=1S/C21H12I3O6P/c22-16-10-4-1-7-13(16)19(25)28-31(29-20(26)14-8-2-5-11-17(14)23)30-21(27)15-9-3-6-12-18(15)24/h1-12H. The number of carbonyl (C=O) groups excluding carboxylic acids is 3. The van der Waals surface area contributed by atoms with Gasteiger partial charge in [-0.25, -0.2) is 14.4 Å². The number of rotatable bonds is 6. The maximum Gasteiger partial charge on any atom is 0.537 e. The van der Waals surface area contributed by atoms with E-state index in [1.54, 1.807) is 72.8 Å². The van der Waals surface area contributed by atoms with Crippen molar-refractivity contribution in [1.29, 1.82) is 0 Å². The van der Waals surface area contributed by atoms with Crippen LogP contribution in [-0.4, -0.2) is 17.9 Å². The predicted molar refractivity (Wildman–Crippen MR) is 141 cm³/mol. The highest BCUT2D eigenvalue weighted by Gasteiger charge is 2.31. The summed E-state index contributed by atoms with van der Waals surface area (Å²) in [5.74, 6) is -2.29. The topological polar surface area (TPSA) is 78.9 Å². The minimum Gasteiger partial charge on any atom is -0.371 e. The van der Waals surface area contributed by atoms with E-state index in [0.717, 1.165) is 0 Å². The molecule has 0 aliphatic heterocycles. The molecule has 0 aliphatic rings. The van der Waals surface area contributed by atoms with Gasteiger partial charge in [0.2, 0.25) is 0 Å². The summed E-state index contributed by atoms with van der Waals surface area (Å²) in [5.41, 5.74) is 0.809. The van der Waals surface area contributed by atoms with Crippen LogP contribution in [0.5, 0.6) is 0 Å². The van der Waals surface area contributed by atoms with Gasteiger partial charge in [0, 0.05) is 10.7 Å².